The number of nitrogens with zero attached hydrogens (tertiary/aromatic N) is 1. The summed E-state index contributed by atoms with van der Waals surface area (Å²) < 4.78 is 5.31. The third-order valence-corrected chi connectivity index (χ3v) is 3.59. The van der Waals surface area contributed by atoms with Crippen molar-refractivity contribution in [3.63, 3.8) is 0 Å². The molecule has 0 radical (unpaired) electrons. The van der Waals surface area contributed by atoms with E-state index in [4.69, 9.17) is 4.74 Å². The van der Waals surface area contributed by atoms with Crippen LogP contribution in [0.25, 0.3) is 0 Å². The van der Waals surface area contributed by atoms with Gasteiger partial charge in [-0.1, -0.05) is 19.1 Å². The molecule has 1 saturated heterocycles. The molecule has 0 saturated carbocycles. The molecule has 18 heavy (non-hydrogen) atoms. The third-order valence-electron chi connectivity index (χ3n) is 3.59. The van der Waals surface area contributed by atoms with Gasteiger partial charge in [0.15, 0.2) is 0 Å². The van der Waals surface area contributed by atoms with Crippen molar-refractivity contribution >= 4 is 0 Å². The van der Waals surface area contributed by atoms with Crippen LogP contribution in [-0.2, 0) is 0 Å². The molecule has 1 aliphatic rings. The van der Waals surface area contributed by atoms with Crippen LogP contribution in [0.15, 0.2) is 24.3 Å². The first kappa shape index (κ1) is 13.4. The fraction of sp³-hybridized carbons (Fsp3) is 0.600. The van der Waals surface area contributed by atoms with E-state index in [-0.39, 0.29) is 0 Å². The van der Waals surface area contributed by atoms with E-state index in [1.54, 1.807) is 7.11 Å². The van der Waals surface area contributed by atoms with Gasteiger partial charge in [0.25, 0.3) is 0 Å². The predicted molar refractivity (Wildman–Crippen MR) is 75.1 cm³/mol. The standard InChI is InChI=1S/C15H24N2O/c1-3-16-15(12-17-9-4-5-10-17)13-7-6-8-14(11-13)18-2/h6-8,11,15-16H,3-5,9-10,12H2,1-2H3. The van der Waals surface area contributed by atoms with E-state index in [1.807, 2.05) is 6.07 Å². The van der Waals surface area contributed by atoms with Gasteiger partial charge >= 0.3 is 0 Å². The summed E-state index contributed by atoms with van der Waals surface area (Å²) in [5.74, 6) is 0.942. The molecule has 0 aromatic heterocycles. The molecule has 1 unspecified atom stereocenters. The Hall–Kier alpha value is -1.06. The lowest BCUT2D eigenvalue weighted by atomic mass is 10.1. The number of ether oxygens (including phenoxy) is 1. The summed E-state index contributed by atoms with van der Waals surface area (Å²) in [6.45, 7) is 6.74. The van der Waals surface area contributed by atoms with Gasteiger partial charge in [-0.25, -0.2) is 0 Å². The van der Waals surface area contributed by atoms with Crippen molar-refractivity contribution in [1.82, 2.24) is 10.2 Å². The van der Waals surface area contributed by atoms with Crippen LogP contribution < -0.4 is 10.1 Å². The molecule has 100 valence electrons. The minimum absolute atomic E-state index is 0.406. The first-order valence-corrected chi connectivity index (χ1v) is 6.93. The number of hydrogen-bond donors (Lipinski definition) is 1. The van der Waals surface area contributed by atoms with Crippen molar-refractivity contribution in [1.29, 1.82) is 0 Å². The summed E-state index contributed by atoms with van der Waals surface area (Å²) in [6.07, 6.45) is 2.69. The normalized spacial score (nSPS) is 17.9. The maximum absolute atomic E-state index is 5.31. The fourth-order valence-corrected chi connectivity index (χ4v) is 2.62. The summed E-state index contributed by atoms with van der Waals surface area (Å²) in [6, 6.07) is 8.81. The second kappa shape index (κ2) is 6.76. The average Bonchev–Trinajstić information content (AvgIpc) is 2.91. The lowest BCUT2D eigenvalue weighted by Crippen LogP contribution is -2.33. The highest BCUT2D eigenvalue weighted by Gasteiger charge is 2.18. The van der Waals surface area contributed by atoms with E-state index in [2.05, 4.69) is 35.3 Å². The molecule has 1 N–H and O–H groups in total. The first-order valence-electron chi connectivity index (χ1n) is 6.93. The molecular formula is C15H24N2O. The van der Waals surface area contributed by atoms with Crippen molar-refractivity contribution in [3.05, 3.63) is 29.8 Å². The van der Waals surface area contributed by atoms with Crippen LogP contribution in [0.1, 0.15) is 31.4 Å². The Labute approximate surface area is 110 Å². The fourth-order valence-electron chi connectivity index (χ4n) is 2.62. The van der Waals surface area contributed by atoms with Gasteiger partial charge in [-0.2, -0.15) is 0 Å². The lowest BCUT2D eigenvalue weighted by Gasteiger charge is -2.24. The van der Waals surface area contributed by atoms with Crippen molar-refractivity contribution in [2.24, 2.45) is 0 Å². The minimum Gasteiger partial charge on any atom is -0.497 e. The van der Waals surface area contributed by atoms with Crippen LogP contribution in [-0.4, -0.2) is 38.2 Å². The van der Waals surface area contributed by atoms with E-state index in [9.17, 15) is 0 Å². The highest BCUT2D eigenvalue weighted by Crippen LogP contribution is 2.21. The van der Waals surface area contributed by atoms with Crippen molar-refractivity contribution < 1.29 is 4.74 Å². The van der Waals surface area contributed by atoms with E-state index >= 15 is 0 Å². The predicted octanol–water partition coefficient (Wildman–Crippen LogP) is 2.44. The molecule has 0 aliphatic carbocycles. The van der Waals surface area contributed by atoms with Crippen molar-refractivity contribution in [2.45, 2.75) is 25.8 Å². The van der Waals surface area contributed by atoms with Crippen molar-refractivity contribution in [3.8, 4) is 5.75 Å². The zero-order valence-corrected chi connectivity index (χ0v) is 11.5. The van der Waals surface area contributed by atoms with Crippen LogP contribution in [0.2, 0.25) is 0 Å². The smallest absolute Gasteiger partial charge is 0.119 e. The zero-order chi connectivity index (χ0) is 12.8. The van der Waals surface area contributed by atoms with Crippen molar-refractivity contribution in [2.75, 3.05) is 33.3 Å². The van der Waals surface area contributed by atoms with Gasteiger partial charge in [-0.3, -0.25) is 0 Å². The van der Waals surface area contributed by atoms with Crippen LogP contribution in [0.4, 0.5) is 0 Å². The number of likely N-dealkylation sites (N-methyl/N-ethyl adjacent to an activating group) is 1. The minimum atomic E-state index is 0.406. The lowest BCUT2D eigenvalue weighted by molar-refractivity contribution is 0.294. The molecule has 1 heterocycles. The van der Waals surface area contributed by atoms with E-state index in [0.717, 1.165) is 18.8 Å². The molecule has 0 bridgehead atoms. The van der Waals surface area contributed by atoms with Gasteiger partial charge in [-0.15, -0.1) is 0 Å². The van der Waals surface area contributed by atoms with E-state index in [1.165, 1.54) is 31.5 Å². The van der Waals surface area contributed by atoms with Gasteiger partial charge in [0, 0.05) is 12.6 Å². The number of nitrogens with one attached hydrogen (secondary N) is 1. The highest BCUT2D eigenvalue weighted by molar-refractivity contribution is 5.30. The second-order valence-electron chi connectivity index (χ2n) is 4.89. The molecule has 1 aromatic rings. The number of rotatable bonds is 6. The monoisotopic (exact) mass is 248 g/mol. The zero-order valence-electron chi connectivity index (χ0n) is 11.5. The maximum Gasteiger partial charge on any atom is 0.119 e. The number of methoxy groups -OCH3 is 1. The highest BCUT2D eigenvalue weighted by atomic mass is 16.5. The molecule has 3 heteroatoms. The Balaban J connectivity index is 2.06. The maximum atomic E-state index is 5.31. The molecule has 0 amide bonds. The molecule has 1 atom stereocenters. The Morgan fingerprint density at radius 3 is 2.78 bits per heavy atom. The average molecular weight is 248 g/mol. The van der Waals surface area contributed by atoms with Crippen LogP contribution in [0, 0.1) is 0 Å². The number of hydrogen-bond acceptors (Lipinski definition) is 3. The van der Waals surface area contributed by atoms with E-state index < -0.39 is 0 Å². The topological polar surface area (TPSA) is 24.5 Å². The SMILES string of the molecule is CCNC(CN1CCCC1)c1cccc(OC)c1. The number of benzene rings is 1. The molecule has 1 aliphatic heterocycles. The van der Waals surface area contributed by atoms with Gasteiger partial charge in [0.05, 0.1) is 7.11 Å². The van der Waals surface area contributed by atoms with Gasteiger partial charge in [0.2, 0.25) is 0 Å². The van der Waals surface area contributed by atoms with Crippen LogP contribution in [0.3, 0.4) is 0 Å². The molecule has 2 rings (SSSR count). The van der Waals surface area contributed by atoms with Crippen LogP contribution >= 0.6 is 0 Å². The molecule has 0 spiro atoms. The quantitative estimate of drug-likeness (QED) is 0.837. The molecule has 1 aromatic carbocycles. The number of likely N-dealkylation sites (tertiary alicyclic amines) is 1. The van der Waals surface area contributed by atoms with Crippen LogP contribution in [0.5, 0.6) is 5.75 Å². The summed E-state index contributed by atoms with van der Waals surface area (Å²) in [5, 5.41) is 3.58. The summed E-state index contributed by atoms with van der Waals surface area (Å²) >= 11 is 0. The summed E-state index contributed by atoms with van der Waals surface area (Å²) in [5.41, 5.74) is 1.32. The second-order valence-corrected chi connectivity index (χ2v) is 4.89. The molecule has 1 fully saturated rings. The molecular weight excluding hydrogens is 224 g/mol. The Bertz CT molecular complexity index is 361. The Morgan fingerprint density at radius 1 is 1.33 bits per heavy atom. The summed E-state index contributed by atoms with van der Waals surface area (Å²) in [7, 11) is 1.72. The Kier molecular flexibility index (Phi) is 5.02. The van der Waals surface area contributed by atoms with E-state index in [0.29, 0.717) is 6.04 Å². The van der Waals surface area contributed by atoms with Gasteiger partial charge in [0.1, 0.15) is 5.75 Å². The molecule has 3 nitrogen and oxygen atoms in total. The summed E-state index contributed by atoms with van der Waals surface area (Å²) in [4.78, 5) is 2.55. The van der Waals surface area contributed by atoms with Gasteiger partial charge in [-0.05, 0) is 50.2 Å². The third kappa shape index (κ3) is 3.47. The first-order chi connectivity index (χ1) is 8.83. The largest absolute Gasteiger partial charge is 0.497 e. The van der Waals surface area contributed by atoms with Gasteiger partial charge < -0.3 is 15.0 Å². The Morgan fingerprint density at radius 2 is 2.11 bits per heavy atom.